The molecule has 0 aromatic heterocycles. The van der Waals surface area contributed by atoms with E-state index in [1.807, 2.05) is 0 Å². The molecular weight excluding hydrogens is 344 g/mol. The number of nitrogens with zero attached hydrogens (tertiary/aromatic N) is 2. The van der Waals surface area contributed by atoms with Gasteiger partial charge in [0.1, 0.15) is 0 Å². The molecule has 0 amide bonds. The SMILES string of the molecule is C[C@]1(C(=O)[O-])CCC[C@]2(C)c3c(cc([N+](=O)[O-])c([O-])c3[N+](=O)[O-])CC[C@@H]12. The average Bonchev–Trinajstić information content (AvgIpc) is 2.53. The number of rotatable bonds is 3. The number of aliphatic carboxylic acids is 1. The minimum atomic E-state index is -1.22. The van der Waals surface area contributed by atoms with Crippen molar-refractivity contribution < 1.29 is 24.9 Å². The van der Waals surface area contributed by atoms with Crippen molar-refractivity contribution in [2.75, 3.05) is 0 Å². The van der Waals surface area contributed by atoms with Gasteiger partial charge in [-0.25, -0.2) is 0 Å². The molecule has 140 valence electrons. The zero-order chi connectivity index (χ0) is 19.4. The van der Waals surface area contributed by atoms with Crippen molar-refractivity contribution in [3.63, 3.8) is 0 Å². The maximum atomic E-state index is 12.4. The molecule has 2 aliphatic rings. The minimum Gasteiger partial charge on any atom is -0.863 e. The first-order valence-electron chi connectivity index (χ1n) is 8.41. The molecule has 26 heavy (non-hydrogen) atoms. The summed E-state index contributed by atoms with van der Waals surface area (Å²) < 4.78 is 0. The molecule has 3 atom stereocenters. The van der Waals surface area contributed by atoms with E-state index in [2.05, 4.69) is 0 Å². The molecular formula is C17H18N2O7-2. The maximum Gasteiger partial charge on any atom is 0.272 e. The molecule has 0 spiro atoms. The summed E-state index contributed by atoms with van der Waals surface area (Å²) in [5.74, 6) is -2.87. The number of benzene rings is 1. The Morgan fingerprint density at radius 1 is 1.19 bits per heavy atom. The number of carbonyl (C=O) groups excluding carboxylic acids is 1. The molecule has 9 nitrogen and oxygen atoms in total. The van der Waals surface area contributed by atoms with Gasteiger partial charge in [0.2, 0.25) is 0 Å². The molecule has 1 aromatic rings. The van der Waals surface area contributed by atoms with Gasteiger partial charge >= 0.3 is 0 Å². The second-order valence-corrected chi connectivity index (χ2v) is 7.69. The number of nitro groups is 2. The van der Waals surface area contributed by atoms with Gasteiger partial charge in [0.15, 0.2) is 0 Å². The van der Waals surface area contributed by atoms with Crippen molar-refractivity contribution in [2.45, 2.75) is 51.4 Å². The molecule has 0 N–H and O–H groups in total. The van der Waals surface area contributed by atoms with Crippen LogP contribution in [-0.2, 0) is 16.6 Å². The van der Waals surface area contributed by atoms with Gasteiger partial charge < -0.3 is 15.0 Å². The lowest BCUT2D eigenvalue weighted by molar-refractivity contribution is -0.417. The molecule has 3 rings (SSSR count). The molecule has 0 radical (unpaired) electrons. The van der Waals surface area contributed by atoms with Crippen LogP contribution in [0.2, 0.25) is 0 Å². The van der Waals surface area contributed by atoms with Crippen molar-refractivity contribution in [3.8, 4) is 5.75 Å². The van der Waals surface area contributed by atoms with Crippen LogP contribution in [-0.4, -0.2) is 15.8 Å². The highest BCUT2D eigenvalue weighted by molar-refractivity contribution is 5.74. The molecule has 0 unspecified atom stereocenters. The number of nitro benzene ring substituents is 2. The molecule has 2 aliphatic carbocycles. The van der Waals surface area contributed by atoms with Crippen molar-refractivity contribution >= 4 is 17.3 Å². The summed E-state index contributed by atoms with van der Waals surface area (Å²) in [6.07, 6.45) is 2.06. The Labute approximate surface area is 148 Å². The lowest BCUT2D eigenvalue weighted by Crippen LogP contribution is -2.56. The van der Waals surface area contributed by atoms with Gasteiger partial charge in [0.25, 0.3) is 11.4 Å². The Balaban J connectivity index is 2.31. The second-order valence-electron chi connectivity index (χ2n) is 7.69. The van der Waals surface area contributed by atoms with Crippen LogP contribution in [0.1, 0.15) is 50.7 Å². The highest BCUT2D eigenvalue weighted by Gasteiger charge is 2.55. The average molecular weight is 362 g/mol. The number of hydrogen-bond donors (Lipinski definition) is 0. The number of aryl methyl sites for hydroxylation is 1. The third-order valence-electron chi connectivity index (χ3n) is 6.37. The Kier molecular flexibility index (Phi) is 3.93. The topological polar surface area (TPSA) is 149 Å². The summed E-state index contributed by atoms with van der Waals surface area (Å²) in [5, 5.41) is 47.0. The van der Waals surface area contributed by atoms with Crippen LogP contribution in [0.3, 0.4) is 0 Å². The molecule has 9 heteroatoms. The number of fused-ring (bicyclic) bond motifs is 3. The molecule has 0 saturated heterocycles. The predicted molar refractivity (Wildman–Crippen MR) is 85.3 cm³/mol. The number of carbonyl (C=O) groups is 1. The zero-order valence-corrected chi connectivity index (χ0v) is 14.4. The third-order valence-corrected chi connectivity index (χ3v) is 6.37. The van der Waals surface area contributed by atoms with Crippen LogP contribution in [0, 0.1) is 31.6 Å². The summed E-state index contributed by atoms with van der Waals surface area (Å²) in [6, 6.07) is 1.12. The zero-order valence-electron chi connectivity index (χ0n) is 14.4. The molecule has 0 bridgehead atoms. The van der Waals surface area contributed by atoms with E-state index < -0.39 is 49.7 Å². The monoisotopic (exact) mass is 362 g/mol. The summed E-state index contributed by atoms with van der Waals surface area (Å²) in [4.78, 5) is 32.8. The first kappa shape index (κ1) is 18.1. The van der Waals surface area contributed by atoms with E-state index in [4.69, 9.17) is 0 Å². The predicted octanol–water partition coefficient (Wildman–Crippen LogP) is 1.34. The molecule has 1 fully saturated rings. The van der Waals surface area contributed by atoms with Gasteiger partial charge in [-0.2, -0.15) is 0 Å². The number of hydrogen-bond acceptors (Lipinski definition) is 7. The van der Waals surface area contributed by atoms with E-state index in [1.54, 1.807) is 13.8 Å². The van der Waals surface area contributed by atoms with Gasteiger partial charge in [-0.05, 0) is 37.2 Å². The van der Waals surface area contributed by atoms with Crippen LogP contribution in [0.5, 0.6) is 5.75 Å². The highest BCUT2D eigenvalue weighted by atomic mass is 16.6. The van der Waals surface area contributed by atoms with E-state index in [0.717, 1.165) is 6.07 Å². The Morgan fingerprint density at radius 2 is 1.85 bits per heavy atom. The maximum absolute atomic E-state index is 12.4. The standard InChI is InChI=1S/C17H20N2O7/c1-16-6-3-7-17(2,15(21)22)11(16)5-4-9-8-10(18(23)24)14(20)13(12(9)16)19(25)26/h8,11,20H,3-7H2,1-2H3,(H,21,22)/p-2/t11-,16+,17+/m1/s1. The molecule has 0 heterocycles. The highest BCUT2D eigenvalue weighted by Crippen LogP contribution is 2.60. The van der Waals surface area contributed by atoms with Gasteiger partial charge in [-0.15, -0.1) is 0 Å². The van der Waals surface area contributed by atoms with Crippen LogP contribution in [0.4, 0.5) is 11.4 Å². The third kappa shape index (κ3) is 2.26. The molecule has 0 aliphatic heterocycles. The Hall–Kier alpha value is -2.71. The van der Waals surface area contributed by atoms with E-state index in [0.29, 0.717) is 31.2 Å². The van der Waals surface area contributed by atoms with Crippen molar-refractivity contribution in [1.29, 1.82) is 0 Å². The van der Waals surface area contributed by atoms with Gasteiger partial charge in [-0.3, -0.25) is 20.2 Å². The summed E-state index contributed by atoms with van der Waals surface area (Å²) >= 11 is 0. The van der Waals surface area contributed by atoms with Gasteiger partial charge in [0, 0.05) is 28.4 Å². The molecule has 1 aromatic carbocycles. The largest absolute Gasteiger partial charge is 0.863 e. The first-order valence-corrected chi connectivity index (χ1v) is 8.41. The van der Waals surface area contributed by atoms with E-state index >= 15 is 0 Å². The lowest BCUT2D eigenvalue weighted by Gasteiger charge is -2.55. The molecule has 1 saturated carbocycles. The van der Waals surface area contributed by atoms with Crippen LogP contribution >= 0.6 is 0 Å². The quantitative estimate of drug-likeness (QED) is 0.581. The summed E-state index contributed by atoms with van der Waals surface area (Å²) in [6.45, 7) is 3.32. The van der Waals surface area contributed by atoms with Crippen LogP contribution in [0.25, 0.3) is 0 Å². The van der Waals surface area contributed by atoms with E-state index in [9.17, 15) is 35.2 Å². The van der Waals surface area contributed by atoms with Crippen LogP contribution < -0.4 is 10.2 Å². The van der Waals surface area contributed by atoms with E-state index in [-0.39, 0.29) is 12.0 Å². The number of carboxylic acids is 1. The summed E-state index contributed by atoms with van der Waals surface area (Å²) in [7, 11) is 0. The smallest absolute Gasteiger partial charge is 0.272 e. The van der Waals surface area contributed by atoms with Crippen molar-refractivity contribution in [1.82, 2.24) is 0 Å². The fourth-order valence-corrected chi connectivity index (χ4v) is 5.19. The Bertz CT molecular complexity index is 837. The Morgan fingerprint density at radius 3 is 2.38 bits per heavy atom. The fraction of sp³-hybridized carbons (Fsp3) is 0.588. The fourth-order valence-electron chi connectivity index (χ4n) is 5.19. The lowest BCUT2D eigenvalue weighted by atomic mass is 9.49. The minimum absolute atomic E-state index is 0.168. The van der Waals surface area contributed by atoms with Gasteiger partial charge in [-0.1, -0.05) is 20.3 Å². The number of carboxylic acid groups (broad SMARTS) is 1. The van der Waals surface area contributed by atoms with E-state index in [1.165, 1.54) is 0 Å². The van der Waals surface area contributed by atoms with Crippen LogP contribution in [0.15, 0.2) is 6.07 Å². The van der Waals surface area contributed by atoms with Gasteiger partial charge in [0.05, 0.1) is 15.6 Å². The normalized spacial score (nSPS) is 30.2. The first-order chi connectivity index (χ1) is 12.0. The van der Waals surface area contributed by atoms with Crippen molar-refractivity contribution in [2.24, 2.45) is 11.3 Å². The van der Waals surface area contributed by atoms with Crippen molar-refractivity contribution in [3.05, 3.63) is 37.4 Å². The second kappa shape index (κ2) is 5.65. The summed E-state index contributed by atoms with van der Waals surface area (Å²) in [5.41, 5.74) is -3.12.